The first kappa shape index (κ1) is 13.0. The van der Waals surface area contributed by atoms with Gasteiger partial charge >= 0.3 is 5.97 Å². The highest BCUT2D eigenvalue weighted by molar-refractivity contribution is 7.99. The van der Waals surface area contributed by atoms with Gasteiger partial charge in [0.05, 0.1) is 5.75 Å². The monoisotopic (exact) mass is 244 g/mol. The molecule has 16 heavy (non-hydrogen) atoms. The average Bonchev–Trinajstić information content (AvgIpc) is 2.65. The van der Waals surface area contributed by atoms with Crippen molar-refractivity contribution in [2.24, 2.45) is 5.92 Å². The highest BCUT2D eigenvalue weighted by atomic mass is 32.2. The predicted molar refractivity (Wildman–Crippen MR) is 61.2 cm³/mol. The first-order valence-corrected chi connectivity index (χ1v) is 6.25. The molecule has 6 heteroatoms. The standard InChI is InChI=1S/C10H16N2O3S/c1-4-8-11-7(12-15-8)5-16-9(6(2)3)10(13)14/h6,9H,4-5H2,1-3H3,(H,13,14). The summed E-state index contributed by atoms with van der Waals surface area (Å²) in [6, 6.07) is 0. The molecule has 5 nitrogen and oxygen atoms in total. The molecule has 1 aromatic heterocycles. The van der Waals surface area contributed by atoms with Crippen LogP contribution in [-0.4, -0.2) is 26.5 Å². The Morgan fingerprint density at radius 3 is 2.69 bits per heavy atom. The zero-order chi connectivity index (χ0) is 12.1. The molecule has 0 aliphatic rings. The van der Waals surface area contributed by atoms with Crippen LogP contribution in [0, 0.1) is 5.92 Å². The minimum absolute atomic E-state index is 0.0834. The zero-order valence-electron chi connectivity index (χ0n) is 9.64. The van der Waals surface area contributed by atoms with Gasteiger partial charge in [0.25, 0.3) is 0 Å². The van der Waals surface area contributed by atoms with Crippen molar-refractivity contribution in [3.05, 3.63) is 11.7 Å². The number of nitrogens with zero attached hydrogens (tertiary/aromatic N) is 2. The van der Waals surface area contributed by atoms with E-state index in [0.29, 0.717) is 23.9 Å². The van der Waals surface area contributed by atoms with Gasteiger partial charge in [-0.3, -0.25) is 4.79 Å². The van der Waals surface area contributed by atoms with Crippen molar-refractivity contribution in [1.82, 2.24) is 10.1 Å². The van der Waals surface area contributed by atoms with E-state index in [2.05, 4.69) is 10.1 Å². The molecule has 0 spiro atoms. The summed E-state index contributed by atoms with van der Waals surface area (Å²) in [5.41, 5.74) is 0. The number of aryl methyl sites for hydroxylation is 1. The van der Waals surface area contributed by atoms with E-state index >= 15 is 0 Å². The Balaban J connectivity index is 2.52. The van der Waals surface area contributed by atoms with Gasteiger partial charge in [-0.2, -0.15) is 4.98 Å². The fourth-order valence-electron chi connectivity index (χ4n) is 1.21. The largest absolute Gasteiger partial charge is 0.480 e. The lowest BCUT2D eigenvalue weighted by molar-refractivity contribution is -0.137. The Morgan fingerprint density at radius 1 is 1.56 bits per heavy atom. The second-order valence-electron chi connectivity index (χ2n) is 3.77. The number of carbonyl (C=O) groups is 1. The van der Waals surface area contributed by atoms with Crippen LogP contribution in [-0.2, 0) is 17.0 Å². The molecule has 1 unspecified atom stereocenters. The van der Waals surface area contributed by atoms with Crippen molar-refractivity contribution in [2.45, 2.75) is 38.2 Å². The van der Waals surface area contributed by atoms with Gasteiger partial charge < -0.3 is 9.63 Å². The summed E-state index contributed by atoms with van der Waals surface area (Å²) in [5, 5.41) is 12.3. The normalized spacial score (nSPS) is 13.0. The van der Waals surface area contributed by atoms with Gasteiger partial charge in [-0.1, -0.05) is 25.9 Å². The first-order chi connectivity index (χ1) is 7.54. The summed E-state index contributed by atoms with van der Waals surface area (Å²) in [6.45, 7) is 5.71. The predicted octanol–water partition coefficient (Wildman–Crippen LogP) is 1.97. The summed E-state index contributed by atoms with van der Waals surface area (Å²) in [4.78, 5) is 15.1. The van der Waals surface area contributed by atoms with Gasteiger partial charge in [0.1, 0.15) is 5.25 Å². The molecule has 0 amide bonds. The van der Waals surface area contributed by atoms with Crippen molar-refractivity contribution in [3.8, 4) is 0 Å². The van der Waals surface area contributed by atoms with Crippen molar-refractivity contribution >= 4 is 17.7 Å². The van der Waals surface area contributed by atoms with E-state index < -0.39 is 11.2 Å². The van der Waals surface area contributed by atoms with Gasteiger partial charge in [0, 0.05) is 6.42 Å². The summed E-state index contributed by atoms with van der Waals surface area (Å²) < 4.78 is 4.95. The number of carboxylic acids is 1. The van der Waals surface area contributed by atoms with Gasteiger partial charge in [-0.05, 0) is 5.92 Å². The van der Waals surface area contributed by atoms with Crippen molar-refractivity contribution in [2.75, 3.05) is 0 Å². The summed E-state index contributed by atoms with van der Waals surface area (Å²) in [7, 11) is 0. The molecule has 0 aliphatic heterocycles. The lowest BCUT2D eigenvalue weighted by Gasteiger charge is -2.14. The van der Waals surface area contributed by atoms with Crippen LogP contribution in [0.4, 0.5) is 0 Å². The minimum atomic E-state index is -0.792. The van der Waals surface area contributed by atoms with Crippen molar-refractivity contribution in [1.29, 1.82) is 0 Å². The molecule has 90 valence electrons. The molecule has 1 heterocycles. The number of carboxylic acid groups (broad SMARTS) is 1. The molecule has 0 saturated carbocycles. The van der Waals surface area contributed by atoms with Crippen LogP contribution in [0.15, 0.2) is 4.52 Å². The number of hydrogen-bond donors (Lipinski definition) is 1. The average molecular weight is 244 g/mol. The highest BCUT2D eigenvalue weighted by Gasteiger charge is 2.22. The van der Waals surface area contributed by atoms with Crippen LogP contribution < -0.4 is 0 Å². The van der Waals surface area contributed by atoms with E-state index in [1.54, 1.807) is 0 Å². The lowest BCUT2D eigenvalue weighted by Crippen LogP contribution is -2.22. The molecule has 0 fully saturated rings. The third-order valence-electron chi connectivity index (χ3n) is 2.05. The Morgan fingerprint density at radius 2 is 2.25 bits per heavy atom. The molecule has 0 aromatic carbocycles. The Bertz CT molecular complexity index is 352. The quantitative estimate of drug-likeness (QED) is 0.824. The SMILES string of the molecule is CCc1nc(CSC(C(=O)O)C(C)C)no1. The number of hydrogen-bond acceptors (Lipinski definition) is 5. The van der Waals surface area contributed by atoms with Crippen molar-refractivity contribution < 1.29 is 14.4 Å². The Labute approximate surface area is 98.6 Å². The van der Waals surface area contributed by atoms with Crippen LogP contribution >= 0.6 is 11.8 Å². The number of aromatic nitrogens is 2. The van der Waals surface area contributed by atoms with Gasteiger partial charge in [0.15, 0.2) is 5.82 Å². The second-order valence-corrected chi connectivity index (χ2v) is 4.90. The summed E-state index contributed by atoms with van der Waals surface area (Å²) in [6.07, 6.45) is 0.699. The van der Waals surface area contributed by atoms with Crippen LogP contribution in [0.25, 0.3) is 0 Å². The molecule has 1 atom stereocenters. The van der Waals surface area contributed by atoms with Gasteiger partial charge in [0.2, 0.25) is 5.89 Å². The number of rotatable bonds is 6. The molecule has 1 rings (SSSR count). The van der Waals surface area contributed by atoms with E-state index in [4.69, 9.17) is 9.63 Å². The molecular formula is C10H16N2O3S. The third kappa shape index (κ3) is 3.52. The fourth-order valence-corrected chi connectivity index (χ4v) is 2.18. The molecular weight excluding hydrogens is 228 g/mol. The zero-order valence-corrected chi connectivity index (χ0v) is 10.5. The van der Waals surface area contributed by atoms with E-state index in [-0.39, 0.29) is 5.92 Å². The number of thioether (sulfide) groups is 1. The topological polar surface area (TPSA) is 76.2 Å². The maximum atomic E-state index is 10.9. The van der Waals surface area contributed by atoms with Crippen LogP contribution in [0.5, 0.6) is 0 Å². The van der Waals surface area contributed by atoms with Crippen molar-refractivity contribution in [3.63, 3.8) is 0 Å². The smallest absolute Gasteiger partial charge is 0.316 e. The van der Waals surface area contributed by atoms with E-state index in [1.165, 1.54) is 11.8 Å². The third-order valence-corrected chi connectivity index (χ3v) is 3.58. The maximum absolute atomic E-state index is 10.9. The summed E-state index contributed by atoms with van der Waals surface area (Å²) in [5.74, 6) is 0.915. The van der Waals surface area contributed by atoms with Crippen LogP contribution in [0.1, 0.15) is 32.5 Å². The Kier molecular flexibility index (Phi) is 4.79. The summed E-state index contributed by atoms with van der Waals surface area (Å²) >= 11 is 1.33. The first-order valence-electron chi connectivity index (χ1n) is 5.20. The molecule has 0 aliphatic carbocycles. The molecule has 1 N–H and O–H groups in total. The highest BCUT2D eigenvalue weighted by Crippen LogP contribution is 2.22. The van der Waals surface area contributed by atoms with Crippen LogP contribution in [0.3, 0.4) is 0 Å². The molecule has 0 radical (unpaired) electrons. The van der Waals surface area contributed by atoms with Crippen LogP contribution in [0.2, 0.25) is 0 Å². The maximum Gasteiger partial charge on any atom is 0.316 e. The minimum Gasteiger partial charge on any atom is -0.480 e. The fraction of sp³-hybridized carbons (Fsp3) is 0.700. The van der Waals surface area contributed by atoms with Gasteiger partial charge in [-0.25, -0.2) is 0 Å². The van der Waals surface area contributed by atoms with E-state index in [1.807, 2.05) is 20.8 Å². The molecule has 0 saturated heterocycles. The number of aliphatic carboxylic acids is 1. The van der Waals surface area contributed by atoms with Gasteiger partial charge in [-0.15, -0.1) is 11.8 Å². The molecule has 1 aromatic rings. The molecule has 0 bridgehead atoms. The van der Waals surface area contributed by atoms with E-state index in [0.717, 1.165) is 0 Å². The lowest BCUT2D eigenvalue weighted by atomic mass is 10.1. The van der Waals surface area contributed by atoms with E-state index in [9.17, 15) is 4.79 Å². The Hall–Kier alpha value is -1.04. The second kappa shape index (κ2) is 5.89.